The third-order valence-electron chi connectivity index (χ3n) is 6.58. The molecule has 154 valence electrons. The van der Waals surface area contributed by atoms with E-state index in [4.69, 9.17) is 4.98 Å². The third-order valence-corrected chi connectivity index (χ3v) is 6.58. The Bertz CT molecular complexity index is 1090. The number of fused-ring (bicyclic) bond motifs is 5. The van der Waals surface area contributed by atoms with E-state index in [0.717, 1.165) is 36.4 Å². The van der Waals surface area contributed by atoms with Gasteiger partial charge in [0, 0.05) is 42.8 Å². The summed E-state index contributed by atoms with van der Waals surface area (Å²) in [5.74, 6) is 1.39. The Morgan fingerprint density at radius 1 is 1.10 bits per heavy atom. The minimum Gasteiger partial charge on any atom is -0.309 e. The Labute approximate surface area is 178 Å². The van der Waals surface area contributed by atoms with Crippen LogP contribution < -0.4 is 5.32 Å². The maximum Gasteiger partial charge on any atom is 0.155 e. The molecule has 1 saturated heterocycles. The first-order valence-electron chi connectivity index (χ1n) is 11.0. The summed E-state index contributed by atoms with van der Waals surface area (Å²) in [4.78, 5) is 7.41. The number of nitrogens with zero attached hydrogens (tertiary/aromatic N) is 4. The van der Waals surface area contributed by atoms with Gasteiger partial charge in [-0.2, -0.15) is 5.26 Å². The van der Waals surface area contributed by atoms with Gasteiger partial charge in [-0.05, 0) is 38.3 Å². The molecule has 1 fully saturated rings. The molecule has 5 nitrogen and oxygen atoms in total. The van der Waals surface area contributed by atoms with Crippen LogP contribution in [-0.2, 0) is 0 Å². The van der Waals surface area contributed by atoms with Gasteiger partial charge >= 0.3 is 0 Å². The van der Waals surface area contributed by atoms with Crippen LogP contribution in [0.15, 0.2) is 48.6 Å². The minimum atomic E-state index is 0.131. The highest BCUT2D eigenvalue weighted by molar-refractivity contribution is 5.90. The van der Waals surface area contributed by atoms with Gasteiger partial charge in [-0.3, -0.25) is 9.47 Å². The van der Waals surface area contributed by atoms with Crippen molar-refractivity contribution in [2.24, 2.45) is 11.8 Å². The molecule has 0 spiro atoms. The van der Waals surface area contributed by atoms with Gasteiger partial charge in [0.15, 0.2) is 5.82 Å². The van der Waals surface area contributed by atoms with Crippen LogP contribution in [0.25, 0.3) is 22.3 Å². The summed E-state index contributed by atoms with van der Waals surface area (Å²) in [6.07, 6.45) is 10.3. The molecule has 5 rings (SSSR count). The highest BCUT2D eigenvalue weighted by Crippen LogP contribution is 2.40. The highest BCUT2D eigenvalue weighted by Gasteiger charge is 2.37. The third kappa shape index (κ3) is 3.21. The average molecular weight is 400 g/mol. The zero-order valence-corrected chi connectivity index (χ0v) is 17.9. The lowest BCUT2D eigenvalue weighted by Gasteiger charge is -2.44. The normalized spacial score (nSPS) is 34.5. The number of aromatic nitrogens is 2. The lowest BCUT2D eigenvalue weighted by atomic mass is 9.84. The number of para-hydroxylation sites is 2. The van der Waals surface area contributed by atoms with E-state index in [9.17, 15) is 5.26 Å². The first-order valence-corrected chi connectivity index (χ1v) is 11.0. The Balaban J connectivity index is 1.67. The van der Waals surface area contributed by atoms with Crippen molar-refractivity contribution < 1.29 is 0 Å². The molecule has 1 aromatic carbocycles. The SMILES string of the molecule is CC1/C=C\C(N2C[C@@H](C)N[C@@H](C)C2)C2C=C(C#N)c3nc4ccccc4n3/C2=C\C1. The number of piperazine rings is 1. The number of nitriles is 1. The zero-order chi connectivity index (χ0) is 20.8. The lowest BCUT2D eigenvalue weighted by Crippen LogP contribution is -2.58. The average Bonchev–Trinajstić information content (AvgIpc) is 3.10. The molecule has 5 heteroatoms. The number of allylic oxidation sites excluding steroid dienone is 3. The summed E-state index contributed by atoms with van der Waals surface area (Å²) in [7, 11) is 0. The quantitative estimate of drug-likeness (QED) is 0.735. The Morgan fingerprint density at radius 3 is 2.63 bits per heavy atom. The molecule has 1 aliphatic carbocycles. The molecule has 5 atom stereocenters. The molecule has 0 bridgehead atoms. The van der Waals surface area contributed by atoms with Gasteiger partial charge in [-0.15, -0.1) is 0 Å². The number of imidazole rings is 1. The van der Waals surface area contributed by atoms with Crippen molar-refractivity contribution >= 4 is 22.3 Å². The minimum absolute atomic E-state index is 0.131. The molecule has 30 heavy (non-hydrogen) atoms. The van der Waals surface area contributed by atoms with Gasteiger partial charge in [0.05, 0.1) is 16.6 Å². The largest absolute Gasteiger partial charge is 0.309 e. The van der Waals surface area contributed by atoms with Crippen LogP contribution in [0, 0.1) is 23.2 Å². The van der Waals surface area contributed by atoms with Crippen LogP contribution >= 0.6 is 0 Å². The second-order valence-electron chi connectivity index (χ2n) is 9.12. The van der Waals surface area contributed by atoms with E-state index in [1.807, 2.05) is 12.1 Å². The fraction of sp³-hybridized carbons (Fsp3) is 0.440. The van der Waals surface area contributed by atoms with E-state index in [-0.39, 0.29) is 12.0 Å². The summed E-state index contributed by atoms with van der Waals surface area (Å²) in [5, 5.41) is 13.6. The Kier molecular flexibility index (Phi) is 4.85. The summed E-state index contributed by atoms with van der Waals surface area (Å²) >= 11 is 0. The summed E-state index contributed by atoms with van der Waals surface area (Å²) in [6, 6.07) is 11.8. The molecule has 0 amide bonds. The predicted molar refractivity (Wildman–Crippen MR) is 121 cm³/mol. The van der Waals surface area contributed by atoms with Crippen molar-refractivity contribution in [3.05, 3.63) is 54.4 Å². The van der Waals surface area contributed by atoms with Crippen LogP contribution in [0.2, 0.25) is 0 Å². The van der Waals surface area contributed by atoms with Crippen molar-refractivity contribution in [1.82, 2.24) is 19.8 Å². The topological polar surface area (TPSA) is 56.9 Å². The molecule has 3 unspecified atom stereocenters. The van der Waals surface area contributed by atoms with E-state index in [2.05, 4.69) is 78.1 Å². The van der Waals surface area contributed by atoms with E-state index in [0.29, 0.717) is 23.6 Å². The monoisotopic (exact) mass is 399 g/mol. The van der Waals surface area contributed by atoms with Gasteiger partial charge in [-0.25, -0.2) is 4.98 Å². The summed E-state index contributed by atoms with van der Waals surface area (Å²) in [5.41, 5.74) is 3.97. The summed E-state index contributed by atoms with van der Waals surface area (Å²) in [6.45, 7) is 8.80. The van der Waals surface area contributed by atoms with Gasteiger partial charge in [-0.1, -0.05) is 43.4 Å². The predicted octanol–water partition coefficient (Wildman–Crippen LogP) is 4.06. The molecular formula is C25H29N5. The molecule has 3 aliphatic rings. The molecule has 0 radical (unpaired) electrons. The first kappa shape index (κ1) is 19.3. The van der Waals surface area contributed by atoms with Crippen molar-refractivity contribution in [3.8, 4) is 6.07 Å². The molecule has 0 saturated carbocycles. The lowest BCUT2D eigenvalue weighted by molar-refractivity contribution is 0.132. The van der Waals surface area contributed by atoms with Gasteiger partial charge < -0.3 is 5.32 Å². The van der Waals surface area contributed by atoms with Crippen LogP contribution in [0.3, 0.4) is 0 Å². The van der Waals surface area contributed by atoms with E-state index in [1.54, 1.807) is 0 Å². The summed E-state index contributed by atoms with van der Waals surface area (Å²) < 4.78 is 2.24. The maximum atomic E-state index is 9.97. The first-order chi connectivity index (χ1) is 14.5. The molecule has 1 N–H and O–H groups in total. The number of rotatable bonds is 1. The molecular weight excluding hydrogens is 370 g/mol. The van der Waals surface area contributed by atoms with Gasteiger partial charge in [0.25, 0.3) is 0 Å². The van der Waals surface area contributed by atoms with Crippen LogP contribution in [0.4, 0.5) is 0 Å². The van der Waals surface area contributed by atoms with E-state index >= 15 is 0 Å². The Hall–Kier alpha value is -2.68. The molecule has 2 aromatic rings. The standard InChI is InChI=1S/C25H29N5/c1-16-8-10-22(29-14-17(2)27-18(3)15-29)20-12-19(13-26)25-28-21-6-4-5-7-24(21)30(25)23(20)11-9-16/h4-8,10-12,16-18,20,22,27H,9,14-15H2,1-3H3/b10-8-,23-11-/t16?,17-,18+,20?,22?. The molecule has 3 heterocycles. The smallest absolute Gasteiger partial charge is 0.155 e. The fourth-order valence-electron chi connectivity index (χ4n) is 5.31. The van der Waals surface area contributed by atoms with Crippen molar-refractivity contribution in [1.29, 1.82) is 5.26 Å². The number of benzene rings is 1. The van der Waals surface area contributed by atoms with Crippen molar-refractivity contribution in [2.45, 2.75) is 45.3 Å². The highest BCUT2D eigenvalue weighted by atomic mass is 15.2. The van der Waals surface area contributed by atoms with Crippen LogP contribution in [0.1, 0.15) is 33.0 Å². The van der Waals surface area contributed by atoms with Gasteiger partial charge in [0.2, 0.25) is 0 Å². The van der Waals surface area contributed by atoms with E-state index < -0.39 is 0 Å². The maximum absolute atomic E-state index is 9.97. The fourth-order valence-corrected chi connectivity index (χ4v) is 5.31. The van der Waals surface area contributed by atoms with E-state index in [1.165, 1.54) is 5.70 Å². The van der Waals surface area contributed by atoms with Crippen molar-refractivity contribution in [2.75, 3.05) is 13.1 Å². The molecule has 1 aromatic heterocycles. The van der Waals surface area contributed by atoms with Gasteiger partial charge in [0.1, 0.15) is 6.07 Å². The van der Waals surface area contributed by atoms with Crippen LogP contribution in [-0.4, -0.2) is 45.7 Å². The molecule has 2 aliphatic heterocycles. The second kappa shape index (κ2) is 7.54. The Morgan fingerprint density at radius 2 is 1.87 bits per heavy atom. The van der Waals surface area contributed by atoms with Crippen LogP contribution in [0.5, 0.6) is 0 Å². The van der Waals surface area contributed by atoms with Crippen molar-refractivity contribution in [3.63, 3.8) is 0 Å². The number of hydrogen-bond acceptors (Lipinski definition) is 4. The number of nitrogens with one attached hydrogen (secondary N) is 1. The second-order valence-corrected chi connectivity index (χ2v) is 9.12. The number of hydrogen-bond donors (Lipinski definition) is 1. The zero-order valence-electron chi connectivity index (χ0n) is 17.9.